The van der Waals surface area contributed by atoms with Crippen LogP contribution in [0, 0.1) is 0 Å². The number of benzene rings is 2. The fourth-order valence-corrected chi connectivity index (χ4v) is 5.46. The highest BCUT2D eigenvalue weighted by Gasteiger charge is 2.37. The van der Waals surface area contributed by atoms with Crippen LogP contribution in [-0.2, 0) is 40.6 Å². The van der Waals surface area contributed by atoms with Crippen LogP contribution in [0.1, 0.15) is 32.7 Å². The number of aliphatic carboxylic acids is 1. The summed E-state index contributed by atoms with van der Waals surface area (Å²) in [5, 5.41) is 21.7. The first-order valence-corrected chi connectivity index (χ1v) is 12.4. The van der Waals surface area contributed by atoms with Gasteiger partial charge in [-0.3, -0.25) is 14.4 Å². The van der Waals surface area contributed by atoms with Gasteiger partial charge in [-0.25, -0.2) is 8.42 Å². The third-order valence-corrected chi connectivity index (χ3v) is 7.75. The largest absolute Gasteiger partial charge is 0.506 e. The topological polar surface area (TPSA) is 146 Å². The molecule has 1 aromatic heterocycles. The smallest absolute Gasteiger partial charge is 0.416 e. The third-order valence-electron chi connectivity index (χ3n) is 5.95. The molecular formula is C24H20F3N3O7S. The fourth-order valence-electron chi connectivity index (χ4n) is 4.06. The molecule has 1 aliphatic rings. The molecule has 3 N–H and O–H groups in total. The van der Waals surface area contributed by atoms with Gasteiger partial charge in [0.25, 0.3) is 11.5 Å². The minimum Gasteiger partial charge on any atom is -0.506 e. The molecule has 4 rings (SSSR count). The van der Waals surface area contributed by atoms with Crippen molar-refractivity contribution in [1.29, 1.82) is 0 Å². The number of aromatic nitrogens is 1. The van der Waals surface area contributed by atoms with Gasteiger partial charge in [0, 0.05) is 17.8 Å². The number of nitrogens with zero attached hydrogens (tertiary/aromatic N) is 2. The van der Waals surface area contributed by atoms with Gasteiger partial charge >= 0.3 is 12.1 Å². The third kappa shape index (κ3) is 5.13. The molecule has 0 bridgehead atoms. The van der Waals surface area contributed by atoms with Crippen molar-refractivity contribution in [3.8, 4) is 5.75 Å². The van der Waals surface area contributed by atoms with Crippen molar-refractivity contribution in [1.82, 2.24) is 14.2 Å². The summed E-state index contributed by atoms with van der Waals surface area (Å²) in [4.78, 5) is 36.8. The summed E-state index contributed by atoms with van der Waals surface area (Å²) in [7, 11) is -4.10. The van der Waals surface area contributed by atoms with E-state index in [1.807, 2.05) is 5.32 Å². The standard InChI is InChI=1S/C24H20F3N3O7S/c25-24(26,27)15-8-6-14(7-9-15)11-30-18-13-29(38(36,37)16-4-2-1-3-5-16)12-17(18)21(33)20(23(30)35)22(34)28-10-19(31)32/h1-9,33H,10-13H2,(H,28,34)(H,31,32). The summed E-state index contributed by atoms with van der Waals surface area (Å²) in [6.07, 6.45) is -4.59. The molecule has 0 spiro atoms. The van der Waals surface area contributed by atoms with Crippen LogP contribution < -0.4 is 10.9 Å². The van der Waals surface area contributed by atoms with Gasteiger partial charge in [0.2, 0.25) is 10.0 Å². The van der Waals surface area contributed by atoms with E-state index in [-0.39, 0.29) is 34.8 Å². The van der Waals surface area contributed by atoms with Gasteiger partial charge in [-0.05, 0) is 29.8 Å². The molecule has 0 fully saturated rings. The van der Waals surface area contributed by atoms with E-state index in [9.17, 15) is 41.1 Å². The number of carbonyl (C=O) groups excluding carboxylic acids is 1. The highest BCUT2D eigenvalue weighted by atomic mass is 32.2. The number of aromatic hydroxyl groups is 1. The van der Waals surface area contributed by atoms with Crippen LogP contribution in [0.25, 0.3) is 0 Å². The van der Waals surface area contributed by atoms with Gasteiger partial charge in [-0.2, -0.15) is 17.5 Å². The average molecular weight is 551 g/mol. The molecule has 1 aliphatic heterocycles. The fraction of sp³-hybridized carbons (Fsp3) is 0.208. The Morgan fingerprint density at radius 2 is 1.63 bits per heavy atom. The number of carbonyl (C=O) groups is 2. The van der Waals surface area contributed by atoms with E-state index in [1.165, 1.54) is 24.3 Å². The SMILES string of the molecule is O=C(O)CNC(=O)c1c(O)c2c(n(Cc3ccc(C(F)(F)F)cc3)c1=O)CN(S(=O)(=O)c1ccccc1)C2. The Bertz CT molecular complexity index is 1570. The predicted molar refractivity (Wildman–Crippen MR) is 126 cm³/mol. The zero-order valence-electron chi connectivity index (χ0n) is 19.4. The Morgan fingerprint density at radius 3 is 2.21 bits per heavy atom. The van der Waals surface area contributed by atoms with E-state index < -0.39 is 63.6 Å². The number of sulfonamides is 1. The number of nitrogens with one attached hydrogen (secondary N) is 1. The summed E-state index contributed by atoms with van der Waals surface area (Å²) < 4.78 is 67.3. The van der Waals surface area contributed by atoms with Crippen molar-refractivity contribution in [3.05, 3.63) is 92.9 Å². The number of carboxylic acid groups (broad SMARTS) is 1. The van der Waals surface area contributed by atoms with Crippen LogP contribution in [0.15, 0.2) is 64.3 Å². The highest BCUT2D eigenvalue weighted by Crippen LogP contribution is 2.35. The zero-order valence-corrected chi connectivity index (χ0v) is 20.2. The van der Waals surface area contributed by atoms with E-state index in [2.05, 4.69) is 0 Å². The molecule has 0 unspecified atom stereocenters. The number of carboxylic acids is 1. The van der Waals surface area contributed by atoms with Crippen molar-refractivity contribution in [2.75, 3.05) is 6.54 Å². The second-order valence-electron chi connectivity index (χ2n) is 8.40. The lowest BCUT2D eigenvalue weighted by molar-refractivity contribution is -0.138. The molecule has 0 saturated carbocycles. The van der Waals surface area contributed by atoms with E-state index >= 15 is 0 Å². The molecule has 3 aromatic rings. The van der Waals surface area contributed by atoms with Gasteiger partial charge in [-0.1, -0.05) is 30.3 Å². The number of fused-ring (bicyclic) bond motifs is 1. The predicted octanol–water partition coefficient (Wildman–Crippen LogP) is 2.14. The van der Waals surface area contributed by atoms with Crippen LogP contribution in [-0.4, -0.2) is 45.9 Å². The molecule has 10 nitrogen and oxygen atoms in total. The van der Waals surface area contributed by atoms with Crippen molar-refractivity contribution in [2.45, 2.75) is 30.7 Å². The number of alkyl halides is 3. The second kappa shape index (κ2) is 9.95. The Hall–Kier alpha value is -4.17. The molecule has 0 atom stereocenters. The summed E-state index contributed by atoms with van der Waals surface area (Å²) >= 11 is 0. The lowest BCUT2D eigenvalue weighted by Crippen LogP contribution is -2.37. The van der Waals surface area contributed by atoms with Crippen molar-refractivity contribution >= 4 is 21.9 Å². The number of amides is 1. The summed E-state index contributed by atoms with van der Waals surface area (Å²) in [5.41, 5.74) is -2.58. The molecule has 200 valence electrons. The minimum atomic E-state index is -4.59. The van der Waals surface area contributed by atoms with Crippen LogP contribution in [0.4, 0.5) is 13.2 Å². The van der Waals surface area contributed by atoms with E-state index in [1.54, 1.807) is 6.07 Å². The van der Waals surface area contributed by atoms with Crippen molar-refractivity contribution < 1.29 is 41.4 Å². The van der Waals surface area contributed by atoms with Gasteiger partial charge in [0.15, 0.2) is 0 Å². The summed E-state index contributed by atoms with van der Waals surface area (Å²) in [6.45, 7) is -1.99. The molecule has 38 heavy (non-hydrogen) atoms. The number of rotatable bonds is 7. The van der Waals surface area contributed by atoms with Crippen LogP contribution in [0.2, 0.25) is 0 Å². The molecule has 2 heterocycles. The molecule has 14 heteroatoms. The number of pyridine rings is 1. The zero-order chi connectivity index (χ0) is 27.8. The van der Waals surface area contributed by atoms with E-state index in [4.69, 9.17) is 5.11 Å². The van der Waals surface area contributed by atoms with Crippen LogP contribution in [0.3, 0.4) is 0 Å². The Kier molecular flexibility index (Phi) is 7.04. The van der Waals surface area contributed by atoms with Crippen LogP contribution in [0.5, 0.6) is 5.75 Å². The summed E-state index contributed by atoms with van der Waals surface area (Å²) in [6, 6.07) is 11.3. The maximum absolute atomic E-state index is 13.3. The van der Waals surface area contributed by atoms with Gasteiger partial charge < -0.3 is 20.1 Å². The highest BCUT2D eigenvalue weighted by molar-refractivity contribution is 7.89. The number of hydrogen-bond acceptors (Lipinski definition) is 6. The Morgan fingerprint density at radius 1 is 1.00 bits per heavy atom. The molecule has 0 radical (unpaired) electrons. The lowest BCUT2D eigenvalue weighted by Gasteiger charge is -2.17. The van der Waals surface area contributed by atoms with Gasteiger partial charge in [0.05, 0.1) is 23.5 Å². The second-order valence-corrected chi connectivity index (χ2v) is 10.3. The Balaban J connectivity index is 1.81. The first-order chi connectivity index (χ1) is 17.8. The monoisotopic (exact) mass is 551 g/mol. The molecular weight excluding hydrogens is 531 g/mol. The first kappa shape index (κ1) is 26.9. The van der Waals surface area contributed by atoms with Crippen molar-refractivity contribution in [2.24, 2.45) is 0 Å². The summed E-state index contributed by atoms with van der Waals surface area (Å²) in [5.74, 6) is -3.42. The Labute approximate surface area is 213 Å². The van der Waals surface area contributed by atoms with E-state index in [0.717, 1.165) is 33.1 Å². The lowest BCUT2D eigenvalue weighted by atomic mass is 10.1. The molecule has 1 amide bonds. The molecule has 2 aromatic carbocycles. The van der Waals surface area contributed by atoms with Gasteiger partial charge in [0.1, 0.15) is 17.9 Å². The minimum absolute atomic E-state index is 0.0432. The maximum atomic E-state index is 13.3. The van der Waals surface area contributed by atoms with Crippen molar-refractivity contribution in [3.63, 3.8) is 0 Å². The normalized spacial score (nSPS) is 13.8. The van der Waals surface area contributed by atoms with Crippen LogP contribution >= 0.6 is 0 Å². The molecule has 0 saturated heterocycles. The van der Waals surface area contributed by atoms with E-state index in [0.29, 0.717) is 0 Å². The maximum Gasteiger partial charge on any atom is 0.416 e. The number of hydrogen-bond donors (Lipinski definition) is 3. The quantitative estimate of drug-likeness (QED) is 0.408. The first-order valence-electron chi connectivity index (χ1n) is 11.0. The molecule has 0 aliphatic carbocycles. The number of halogens is 3. The van der Waals surface area contributed by atoms with Gasteiger partial charge in [-0.15, -0.1) is 0 Å². The average Bonchev–Trinajstić information content (AvgIpc) is 3.32.